The molecule has 2 atom stereocenters. The van der Waals surface area contributed by atoms with Gasteiger partial charge in [0.1, 0.15) is 0 Å². The Hall–Kier alpha value is -1.22. The molecule has 1 rings (SSSR count). The summed E-state index contributed by atoms with van der Waals surface area (Å²) in [7, 11) is 2.14. The van der Waals surface area contributed by atoms with Gasteiger partial charge >= 0.3 is 0 Å². The van der Waals surface area contributed by atoms with Gasteiger partial charge in [-0.25, -0.2) is 5.43 Å². The van der Waals surface area contributed by atoms with Gasteiger partial charge in [-0.2, -0.15) is 0 Å². The second kappa shape index (κ2) is 9.04. The van der Waals surface area contributed by atoms with Crippen LogP contribution in [0.15, 0.2) is 36.2 Å². The lowest BCUT2D eigenvalue weighted by Crippen LogP contribution is -2.46. The van der Waals surface area contributed by atoms with Crippen LogP contribution in [-0.2, 0) is 0 Å². The molecular formula is C19H35N3. The first-order chi connectivity index (χ1) is 10.4. The van der Waals surface area contributed by atoms with Crippen molar-refractivity contribution in [1.82, 2.24) is 15.3 Å². The Morgan fingerprint density at radius 1 is 1.41 bits per heavy atom. The fourth-order valence-corrected chi connectivity index (χ4v) is 2.58. The third-order valence-corrected chi connectivity index (χ3v) is 4.61. The van der Waals surface area contributed by atoms with Crippen LogP contribution in [0, 0.1) is 5.92 Å². The Morgan fingerprint density at radius 2 is 2.09 bits per heavy atom. The van der Waals surface area contributed by atoms with Crippen molar-refractivity contribution in [3.8, 4) is 0 Å². The van der Waals surface area contributed by atoms with Crippen molar-refractivity contribution < 1.29 is 0 Å². The number of nitrogens with zero attached hydrogens (tertiary/aromatic N) is 2. The van der Waals surface area contributed by atoms with Crippen molar-refractivity contribution in [2.24, 2.45) is 5.92 Å². The van der Waals surface area contributed by atoms with Gasteiger partial charge in [0.15, 0.2) is 0 Å². The Morgan fingerprint density at radius 3 is 2.59 bits per heavy atom. The van der Waals surface area contributed by atoms with Gasteiger partial charge in [0.25, 0.3) is 0 Å². The first kappa shape index (κ1) is 18.8. The van der Waals surface area contributed by atoms with Crippen LogP contribution < -0.4 is 5.43 Å². The van der Waals surface area contributed by atoms with Gasteiger partial charge < -0.3 is 9.91 Å². The van der Waals surface area contributed by atoms with Gasteiger partial charge in [0.2, 0.25) is 0 Å². The Labute approximate surface area is 137 Å². The number of hydrogen-bond acceptors (Lipinski definition) is 3. The zero-order chi connectivity index (χ0) is 16.7. The fourth-order valence-electron chi connectivity index (χ4n) is 2.58. The molecule has 0 amide bonds. The van der Waals surface area contributed by atoms with Crippen LogP contribution in [0.25, 0.3) is 0 Å². The maximum absolute atomic E-state index is 4.23. The molecule has 0 fully saturated rings. The van der Waals surface area contributed by atoms with Gasteiger partial charge in [-0.05, 0) is 45.1 Å². The molecule has 1 heterocycles. The molecule has 0 aromatic heterocycles. The summed E-state index contributed by atoms with van der Waals surface area (Å²) in [5.41, 5.74) is 6.12. The van der Waals surface area contributed by atoms with Gasteiger partial charge in [-0.3, -0.25) is 0 Å². The predicted molar refractivity (Wildman–Crippen MR) is 97.3 cm³/mol. The highest BCUT2D eigenvalue weighted by molar-refractivity contribution is 5.31. The van der Waals surface area contributed by atoms with Crippen molar-refractivity contribution in [3.05, 3.63) is 36.2 Å². The normalized spacial score (nSPS) is 18.0. The van der Waals surface area contributed by atoms with Crippen LogP contribution in [0.1, 0.15) is 53.9 Å². The largest absolute Gasteiger partial charge is 0.374 e. The third-order valence-electron chi connectivity index (χ3n) is 4.61. The van der Waals surface area contributed by atoms with Crippen molar-refractivity contribution >= 4 is 0 Å². The van der Waals surface area contributed by atoms with E-state index in [1.807, 2.05) is 0 Å². The highest BCUT2D eigenvalue weighted by Gasteiger charge is 2.15. The molecule has 1 N–H and O–H groups in total. The summed E-state index contributed by atoms with van der Waals surface area (Å²) in [4.78, 5) is 2.29. The number of allylic oxidation sites excluding steroid dienone is 2. The number of hydrogen-bond donors (Lipinski definition) is 1. The molecule has 0 aliphatic carbocycles. The van der Waals surface area contributed by atoms with E-state index in [-0.39, 0.29) is 0 Å². The maximum Gasteiger partial charge on any atom is 0.0391 e. The van der Waals surface area contributed by atoms with Crippen LogP contribution >= 0.6 is 0 Å². The minimum atomic E-state index is 0.435. The topological polar surface area (TPSA) is 18.5 Å². The minimum absolute atomic E-state index is 0.435. The van der Waals surface area contributed by atoms with Crippen LogP contribution in [-0.4, -0.2) is 35.6 Å². The van der Waals surface area contributed by atoms with E-state index in [2.05, 4.69) is 81.9 Å². The quantitative estimate of drug-likeness (QED) is 0.640. The number of rotatable bonds is 9. The standard InChI is InChI=1S/C19H35N3/c1-8-16(4)18(6)20-22(15(2)3)14-9-11-17(5)19-12-10-13-21(19)7/h9,12,14-16,18,20H,5,8,10-11,13H2,1-4,6-7H3/b14-9+. The molecule has 126 valence electrons. The lowest BCUT2D eigenvalue weighted by Gasteiger charge is -2.32. The van der Waals surface area contributed by atoms with E-state index >= 15 is 0 Å². The molecule has 1 aliphatic heterocycles. The number of likely N-dealkylation sites (N-methyl/N-ethyl adjacent to an activating group) is 1. The summed E-state index contributed by atoms with van der Waals surface area (Å²) < 4.78 is 0. The second-order valence-electron chi connectivity index (χ2n) is 6.80. The van der Waals surface area contributed by atoms with E-state index < -0.39 is 0 Å². The van der Waals surface area contributed by atoms with E-state index in [0.29, 0.717) is 18.0 Å². The molecule has 0 aromatic rings. The van der Waals surface area contributed by atoms with E-state index in [4.69, 9.17) is 0 Å². The average molecular weight is 306 g/mol. The first-order valence-electron chi connectivity index (χ1n) is 8.67. The van der Waals surface area contributed by atoms with Crippen molar-refractivity contribution in [1.29, 1.82) is 0 Å². The van der Waals surface area contributed by atoms with Crippen LogP contribution in [0.5, 0.6) is 0 Å². The van der Waals surface area contributed by atoms with Crippen molar-refractivity contribution in [2.45, 2.75) is 66.0 Å². The van der Waals surface area contributed by atoms with Crippen LogP contribution in [0.4, 0.5) is 0 Å². The molecule has 3 nitrogen and oxygen atoms in total. The molecule has 0 bridgehead atoms. The molecule has 0 saturated carbocycles. The van der Waals surface area contributed by atoms with Gasteiger partial charge in [0.05, 0.1) is 0 Å². The van der Waals surface area contributed by atoms with E-state index in [9.17, 15) is 0 Å². The van der Waals surface area contributed by atoms with E-state index in [0.717, 1.165) is 19.4 Å². The smallest absolute Gasteiger partial charge is 0.0391 e. The number of nitrogens with one attached hydrogen (secondary N) is 1. The maximum atomic E-state index is 4.23. The van der Waals surface area contributed by atoms with Crippen LogP contribution in [0.2, 0.25) is 0 Å². The Bertz CT molecular complexity index is 409. The van der Waals surface area contributed by atoms with Gasteiger partial charge in [0, 0.05) is 37.6 Å². The van der Waals surface area contributed by atoms with Gasteiger partial charge in [-0.1, -0.05) is 39.0 Å². The highest BCUT2D eigenvalue weighted by atomic mass is 15.5. The molecular weight excluding hydrogens is 270 g/mol. The monoisotopic (exact) mass is 305 g/mol. The summed E-state index contributed by atoms with van der Waals surface area (Å²) in [5.74, 6) is 0.668. The predicted octanol–water partition coefficient (Wildman–Crippen LogP) is 4.32. The molecule has 1 aliphatic rings. The van der Waals surface area contributed by atoms with Crippen LogP contribution in [0.3, 0.4) is 0 Å². The summed E-state index contributed by atoms with van der Waals surface area (Å²) in [6.45, 7) is 16.6. The van der Waals surface area contributed by atoms with Crippen molar-refractivity contribution in [2.75, 3.05) is 13.6 Å². The molecule has 0 saturated heterocycles. The number of hydrazine groups is 1. The lowest BCUT2D eigenvalue weighted by atomic mass is 10.0. The first-order valence-corrected chi connectivity index (χ1v) is 8.67. The summed E-state index contributed by atoms with van der Waals surface area (Å²) in [6, 6.07) is 0.910. The molecule has 0 spiro atoms. The highest BCUT2D eigenvalue weighted by Crippen LogP contribution is 2.22. The zero-order valence-corrected chi connectivity index (χ0v) is 15.4. The Kier molecular flexibility index (Phi) is 7.74. The molecule has 0 aromatic carbocycles. The fraction of sp³-hybridized carbons (Fsp3) is 0.684. The van der Waals surface area contributed by atoms with Gasteiger partial charge in [-0.15, -0.1) is 0 Å². The molecule has 3 heteroatoms. The second-order valence-corrected chi connectivity index (χ2v) is 6.80. The third kappa shape index (κ3) is 5.53. The summed E-state index contributed by atoms with van der Waals surface area (Å²) >= 11 is 0. The lowest BCUT2D eigenvalue weighted by molar-refractivity contribution is 0.164. The van der Waals surface area contributed by atoms with E-state index in [1.54, 1.807) is 0 Å². The summed E-state index contributed by atoms with van der Waals surface area (Å²) in [6.07, 6.45) is 9.91. The minimum Gasteiger partial charge on any atom is -0.374 e. The average Bonchev–Trinajstić information content (AvgIpc) is 2.90. The van der Waals surface area contributed by atoms with Crippen molar-refractivity contribution in [3.63, 3.8) is 0 Å². The zero-order valence-electron chi connectivity index (χ0n) is 15.4. The summed E-state index contributed by atoms with van der Waals surface area (Å²) in [5, 5.41) is 2.22. The molecule has 0 radical (unpaired) electrons. The SMILES string of the molecule is C=C(C/C=C/N(NC(C)C(C)CC)C(C)C)C1=CCCN1C. The molecule has 2 unspecified atom stereocenters. The Balaban J connectivity index is 2.54. The molecule has 22 heavy (non-hydrogen) atoms. The van der Waals surface area contributed by atoms with E-state index in [1.165, 1.54) is 17.7 Å².